The van der Waals surface area contributed by atoms with Crippen LogP contribution >= 0.6 is 0 Å². The Bertz CT molecular complexity index is 651. The fraction of sp³-hybridized carbons (Fsp3) is 0. The molecule has 0 saturated carbocycles. The molecule has 2 rings (SSSR count). The van der Waals surface area contributed by atoms with Gasteiger partial charge in [-0.2, -0.15) is 4.98 Å². The maximum Gasteiger partial charge on any atom is 0.335 e. The van der Waals surface area contributed by atoms with Gasteiger partial charge < -0.3 is 21.3 Å². The van der Waals surface area contributed by atoms with Gasteiger partial charge in [-0.3, -0.25) is 9.89 Å². The minimum absolute atomic E-state index is 0.0557. The number of aromatic hydroxyl groups is 1. The van der Waals surface area contributed by atoms with E-state index in [-0.39, 0.29) is 28.8 Å². The molecule has 9 heteroatoms. The highest BCUT2D eigenvalue weighted by Gasteiger charge is 2.14. The molecule has 0 atom stereocenters. The molecule has 6 N–H and O–H groups in total. The number of phenolic OH excluding ortho intramolecular Hbond substituents is 1. The topological polar surface area (TPSA) is 154 Å². The van der Waals surface area contributed by atoms with Crippen LogP contribution in [0.25, 0.3) is 0 Å². The van der Waals surface area contributed by atoms with E-state index < -0.39 is 11.9 Å². The van der Waals surface area contributed by atoms with Crippen molar-refractivity contribution >= 4 is 23.5 Å². The van der Waals surface area contributed by atoms with Gasteiger partial charge in [-0.25, -0.2) is 4.79 Å². The molecule has 1 aromatic heterocycles. The number of nitrogens with one attached hydrogen (secondary N) is 2. The number of hydrogen-bond acceptors (Lipinski definition) is 6. The molecule has 0 saturated heterocycles. The SMILES string of the molecule is Nc1n[nH]c(C(=O)Nc2cc(C(=O)O)ccc2O)n1. The zero-order valence-corrected chi connectivity index (χ0v) is 9.41. The molecule has 1 aromatic carbocycles. The second kappa shape index (κ2) is 4.64. The minimum Gasteiger partial charge on any atom is -0.506 e. The minimum atomic E-state index is -1.18. The maximum atomic E-state index is 11.7. The summed E-state index contributed by atoms with van der Waals surface area (Å²) in [6.07, 6.45) is 0. The highest BCUT2D eigenvalue weighted by molar-refractivity contribution is 6.03. The summed E-state index contributed by atoms with van der Waals surface area (Å²) in [7, 11) is 0. The molecule has 98 valence electrons. The van der Waals surface area contributed by atoms with E-state index in [0.717, 1.165) is 12.1 Å². The second-order valence-electron chi connectivity index (χ2n) is 3.53. The van der Waals surface area contributed by atoms with Gasteiger partial charge in [0.1, 0.15) is 5.75 Å². The largest absolute Gasteiger partial charge is 0.506 e. The Morgan fingerprint density at radius 1 is 1.37 bits per heavy atom. The van der Waals surface area contributed by atoms with Crippen LogP contribution in [0.3, 0.4) is 0 Å². The number of aromatic amines is 1. The van der Waals surface area contributed by atoms with Crippen LogP contribution in [0.1, 0.15) is 21.0 Å². The van der Waals surface area contributed by atoms with E-state index in [9.17, 15) is 14.7 Å². The van der Waals surface area contributed by atoms with Crippen LogP contribution in [-0.4, -0.2) is 37.3 Å². The van der Waals surface area contributed by atoms with E-state index in [0.29, 0.717) is 0 Å². The first-order chi connectivity index (χ1) is 8.97. The number of nitrogens with two attached hydrogens (primary N) is 1. The first-order valence-corrected chi connectivity index (χ1v) is 5.03. The molecule has 19 heavy (non-hydrogen) atoms. The second-order valence-corrected chi connectivity index (χ2v) is 3.53. The Hall–Kier alpha value is -3.10. The first kappa shape index (κ1) is 12.4. The number of phenols is 1. The van der Waals surface area contributed by atoms with Gasteiger partial charge in [-0.1, -0.05) is 0 Å². The number of carbonyl (C=O) groups is 2. The van der Waals surface area contributed by atoms with Crippen LogP contribution in [0.2, 0.25) is 0 Å². The quantitative estimate of drug-likeness (QED) is 0.490. The standard InChI is InChI=1S/C10H9N5O4/c11-10-13-7(14-15-10)8(17)12-5-3-4(9(18)19)1-2-6(5)16/h1-3,16H,(H,12,17)(H,18,19)(H3,11,13,14,15). The number of nitrogens with zero attached hydrogens (tertiary/aromatic N) is 2. The summed E-state index contributed by atoms with van der Waals surface area (Å²) in [4.78, 5) is 26.1. The van der Waals surface area contributed by atoms with Crippen LogP contribution in [0, 0.1) is 0 Å². The van der Waals surface area contributed by atoms with Crippen molar-refractivity contribution in [3.63, 3.8) is 0 Å². The van der Waals surface area contributed by atoms with Gasteiger partial charge in [-0.15, -0.1) is 5.10 Å². The van der Waals surface area contributed by atoms with Gasteiger partial charge in [0, 0.05) is 0 Å². The van der Waals surface area contributed by atoms with Gasteiger partial charge in [0.2, 0.25) is 11.8 Å². The van der Waals surface area contributed by atoms with Gasteiger partial charge in [0.25, 0.3) is 5.91 Å². The fourth-order valence-electron chi connectivity index (χ4n) is 1.33. The lowest BCUT2D eigenvalue weighted by atomic mass is 10.2. The third-order valence-electron chi connectivity index (χ3n) is 2.21. The van der Waals surface area contributed by atoms with E-state index in [1.165, 1.54) is 6.07 Å². The van der Waals surface area contributed by atoms with Crippen LogP contribution in [0.4, 0.5) is 11.6 Å². The zero-order valence-electron chi connectivity index (χ0n) is 9.41. The molecule has 0 unspecified atom stereocenters. The summed E-state index contributed by atoms with van der Waals surface area (Å²) in [5, 5.41) is 26.4. The number of benzene rings is 1. The summed E-state index contributed by atoms with van der Waals surface area (Å²) < 4.78 is 0. The highest BCUT2D eigenvalue weighted by atomic mass is 16.4. The maximum absolute atomic E-state index is 11.7. The van der Waals surface area contributed by atoms with Gasteiger partial charge in [0.05, 0.1) is 11.3 Å². The third-order valence-corrected chi connectivity index (χ3v) is 2.21. The van der Waals surface area contributed by atoms with Crippen molar-refractivity contribution in [3.05, 3.63) is 29.6 Å². The lowest BCUT2D eigenvalue weighted by Gasteiger charge is -2.06. The van der Waals surface area contributed by atoms with E-state index in [2.05, 4.69) is 20.5 Å². The van der Waals surface area contributed by atoms with Gasteiger partial charge in [-0.05, 0) is 18.2 Å². The molecule has 0 spiro atoms. The fourth-order valence-corrected chi connectivity index (χ4v) is 1.33. The molecule has 2 aromatic rings. The molecule has 1 amide bonds. The number of rotatable bonds is 3. The molecular weight excluding hydrogens is 254 g/mol. The lowest BCUT2D eigenvalue weighted by Crippen LogP contribution is -2.14. The normalized spacial score (nSPS) is 10.1. The van der Waals surface area contributed by atoms with E-state index in [1.807, 2.05) is 0 Å². The number of nitrogen functional groups attached to an aromatic ring is 1. The van der Waals surface area contributed by atoms with Crippen molar-refractivity contribution in [1.82, 2.24) is 15.2 Å². The molecule has 0 bridgehead atoms. The average Bonchev–Trinajstić information content (AvgIpc) is 2.78. The average molecular weight is 263 g/mol. The van der Waals surface area contributed by atoms with Crippen LogP contribution in [-0.2, 0) is 0 Å². The Morgan fingerprint density at radius 3 is 2.68 bits per heavy atom. The number of hydrogen-bond donors (Lipinski definition) is 5. The lowest BCUT2D eigenvalue weighted by molar-refractivity contribution is 0.0696. The Kier molecular flexibility index (Phi) is 3.02. The first-order valence-electron chi connectivity index (χ1n) is 5.03. The van der Waals surface area contributed by atoms with Crippen LogP contribution in [0.5, 0.6) is 5.75 Å². The summed E-state index contributed by atoms with van der Waals surface area (Å²) >= 11 is 0. The van der Waals surface area contributed by atoms with E-state index in [4.69, 9.17) is 10.8 Å². The molecular formula is C10H9N5O4. The number of carboxylic acid groups (broad SMARTS) is 1. The number of amides is 1. The van der Waals surface area contributed by atoms with Crippen molar-refractivity contribution in [2.24, 2.45) is 0 Å². The molecule has 0 aliphatic heterocycles. The summed E-state index contributed by atoms with van der Waals surface area (Å²) in [6, 6.07) is 3.49. The summed E-state index contributed by atoms with van der Waals surface area (Å²) in [5.74, 6) is -2.42. The Morgan fingerprint density at radius 2 is 2.11 bits per heavy atom. The van der Waals surface area contributed by atoms with Crippen LogP contribution in [0.15, 0.2) is 18.2 Å². The van der Waals surface area contributed by atoms with E-state index >= 15 is 0 Å². The predicted octanol–water partition coefficient (Wildman–Crippen LogP) is 0.0430. The van der Waals surface area contributed by atoms with Crippen molar-refractivity contribution in [2.75, 3.05) is 11.1 Å². The zero-order chi connectivity index (χ0) is 14.0. The third kappa shape index (κ3) is 2.60. The number of carboxylic acids is 1. The number of H-pyrrole nitrogens is 1. The van der Waals surface area contributed by atoms with E-state index in [1.54, 1.807) is 0 Å². The molecule has 0 fully saturated rings. The van der Waals surface area contributed by atoms with Crippen molar-refractivity contribution in [1.29, 1.82) is 0 Å². The van der Waals surface area contributed by atoms with Crippen LogP contribution < -0.4 is 11.1 Å². The molecule has 0 aliphatic rings. The number of aromatic nitrogens is 3. The molecule has 0 radical (unpaired) electrons. The summed E-state index contributed by atoms with van der Waals surface area (Å²) in [5.41, 5.74) is 5.11. The van der Waals surface area contributed by atoms with Gasteiger partial charge in [0.15, 0.2) is 0 Å². The smallest absolute Gasteiger partial charge is 0.335 e. The monoisotopic (exact) mass is 263 g/mol. The van der Waals surface area contributed by atoms with Crippen molar-refractivity contribution in [2.45, 2.75) is 0 Å². The molecule has 9 nitrogen and oxygen atoms in total. The van der Waals surface area contributed by atoms with Crippen molar-refractivity contribution in [3.8, 4) is 5.75 Å². The Labute approximate surface area is 106 Å². The number of aromatic carboxylic acids is 1. The highest BCUT2D eigenvalue weighted by Crippen LogP contribution is 2.24. The molecule has 0 aliphatic carbocycles. The number of anilines is 2. The molecule has 1 heterocycles. The van der Waals surface area contributed by atoms with Gasteiger partial charge >= 0.3 is 5.97 Å². The summed E-state index contributed by atoms with van der Waals surface area (Å²) in [6.45, 7) is 0. The Balaban J connectivity index is 2.25. The number of carbonyl (C=O) groups excluding carboxylic acids is 1. The predicted molar refractivity (Wildman–Crippen MR) is 63.8 cm³/mol. The van der Waals surface area contributed by atoms with Crippen molar-refractivity contribution < 1.29 is 19.8 Å².